The van der Waals surface area contributed by atoms with Crippen molar-refractivity contribution in [1.82, 2.24) is 0 Å². The highest BCUT2D eigenvalue weighted by Crippen LogP contribution is 2.60. The minimum atomic E-state index is -1.05. The molecule has 17 heavy (non-hydrogen) atoms. The summed E-state index contributed by atoms with van der Waals surface area (Å²) in [6, 6.07) is 0. The second kappa shape index (κ2) is 3.33. The molecular weight excluding hydrogens is 220 g/mol. The zero-order chi connectivity index (χ0) is 12.4. The Morgan fingerprint density at radius 2 is 2.24 bits per heavy atom. The summed E-state index contributed by atoms with van der Waals surface area (Å²) in [5.74, 6) is -0.509. The van der Waals surface area contributed by atoms with Gasteiger partial charge >= 0.3 is 5.97 Å². The van der Waals surface area contributed by atoms with E-state index in [0.717, 1.165) is 12.8 Å². The van der Waals surface area contributed by atoms with E-state index in [4.69, 9.17) is 9.47 Å². The average Bonchev–Trinajstić information content (AvgIpc) is 2.81. The van der Waals surface area contributed by atoms with Gasteiger partial charge in [-0.1, -0.05) is 6.58 Å². The summed E-state index contributed by atoms with van der Waals surface area (Å²) in [4.78, 5) is 11.6. The number of carbonyl (C=O) groups excluding carboxylic acids is 1. The van der Waals surface area contributed by atoms with Gasteiger partial charge in [0.15, 0.2) is 5.79 Å². The van der Waals surface area contributed by atoms with E-state index in [9.17, 15) is 9.90 Å². The predicted molar refractivity (Wildman–Crippen MR) is 59.9 cm³/mol. The number of hydrogen-bond donors (Lipinski definition) is 1. The first kappa shape index (κ1) is 11.2. The van der Waals surface area contributed by atoms with Crippen LogP contribution >= 0.6 is 0 Å². The summed E-state index contributed by atoms with van der Waals surface area (Å²) in [6.07, 6.45) is 1.56. The van der Waals surface area contributed by atoms with Crippen molar-refractivity contribution in [2.75, 3.05) is 0 Å². The third kappa shape index (κ3) is 1.47. The molecule has 3 fully saturated rings. The zero-order valence-corrected chi connectivity index (χ0v) is 10.2. The van der Waals surface area contributed by atoms with Gasteiger partial charge in [-0.3, -0.25) is 0 Å². The molecule has 94 valence electrons. The maximum Gasteiger partial charge on any atom is 0.333 e. The molecule has 3 aliphatic rings. The standard InChI is InChI=1S/C13H18O4/c1-6(2)12(14)16-10-7-4-8-9(5-7)13(3,15)17-11(8)10/h7-11,15H,1,4-5H2,2-3H3. The fraction of sp³-hybridized carbons (Fsp3) is 0.769. The molecule has 0 aromatic heterocycles. The lowest BCUT2D eigenvalue weighted by Crippen LogP contribution is -2.36. The molecule has 3 rings (SSSR count). The molecule has 4 nitrogen and oxygen atoms in total. The van der Waals surface area contributed by atoms with Crippen LogP contribution in [0.25, 0.3) is 0 Å². The highest BCUT2D eigenvalue weighted by molar-refractivity contribution is 5.87. The van der Waals surface area contributed by atoms with Crippen LogP contribution in [0.5, 0.6) is 0 Å². The summed E-state index contributed by atoms with van der Waals surface area (Å²) < 4.78 is 11.1. The van der Waals surface area contributed by atoms with Gasteiger partial charge in [-0.25, -0.2) is 4.79 Å². The van der Waals surface area contributed by atoms with Gasteiger partial charge in [0.2, 0.25) is 0 Å². The summed E-state index contributed by atoms with van der Waals surface area (Å²) in [7, 11) is 0. The molecule has 1 N–H and O–H groups in total. The monoisotopic (exact) mass is 238 g/mol. The van der Waals surface area contributed by atoms with Crippen molar-refractivity contribution in [2.45, 2.75) is 44.7 Å². The first-order valence-electron chi connectivity index (χ1n) is 6.17. The second-order valence-electron chi connectivity index (χ2n) is 5.79. The number of fused-ring (bicyclic) bond motifs is 1. The summed E-state index contributed by atoms with van der Waals surface area (Å²) in [5, 5.41) is 10.1. The highest BCUT2D eigenvalue weighted by Gasteiger charge is 2.66. The molecule has 1 heterocycles. The Morgan fingerprint density at radius 1 is 1.53 bits per heavy atom. The van der Waals surface area contributed by atoms with Gasteiger partial charge in [-0.2, -0.15) is 0 Å². The van der Waals surface area contributed by atoms with Crippen LogP contribution in [0.1, 0.15) is 26.7 Å². The van der Waals surface area contributed by atoms with Crippen molar-refractivity contribution >= 4 is 5.97 Å². The summed E-state index contributed by atoms with van der Waals surface area (Å²) in [6.45, 7) is 6.95. The average molecular weight is 238 g/mol. The molecule has 6 atom stereocenters. The van der Waals surface area contributed by atoms with E-state index < -0.39 is 5.79 Å². The highest BCUT2D eigenvalue weighted by atomic mass is 16.7. The van der Waals surface area contributed by atoms with Gasteiger partial charge in [0.1, 0.15) is 12.2 Å². The van der Waals surface area contributed by atoms with E-state index in [1.165, 1.54) is 0 Å². The zero-order valence-electron chi connectivity index (χ0n) is 10.2. The fourth-order valence-corrected chi connectivity index (χ4v) is 3.77. The van der Waals surface area contributed by atoms with E-state index in [1.807, 2.05) is 0 Å². The van der Waals surface area contributed by atoms with Gasteiger partial charge in [-0.05, 0) is 38.5 Å². The van der Waals surface area contributed by atoms with Crippen molar-refractivity contribution in [3.05, 3.63) is 12.2 Å². The van der Waals surface area contributed by atoms with Crippen LogP contribution in [0.15, 0.2) is 12.2 Å². The van der Waals surface area contributed by atoms with Crippen molar-refractivity contribution in [3.63, 3.8) is 0 Å². The van der Waals surface area contributed by atoms with Crippen LogP contribution in [-0.4, -0.2) is 29.1 Å². The van der Waals surface area contributed by atoms with Crippen LogP contribution in [0.3, 0.4) is 0 Å². The lowest BCUT2D eigenvalue weighted by atomic mass is 9.84. The van der Waals surface area contributed by atoms with Gasteiger partial charge in [0, 0.05) is 11.5 Å². The van der Waals surface area contributed by atoms with Crippen molar-refractivity contribution in [1.29, 1.82) is 0 Å². The molecule has 2 aliphatic carbocycles. The molecule has 2 bridgehead atoms. The van der Waals surface area contributed by atoms with Crippen LogP contribution in [0, 0.1) is 17.8 Å². The van der Waals surface area contributed by atoms with Crippen LogP contribution in [-0.2, 0) is 14.3 Å². The maximum atomic E-state index is 11.6. The molecule has 2 saturated carbocycles. The molecule has 4 heteroatoms. The molecule has 1 saturated heterocycles. The van der Waals surface area contributed by atoms with Crippen molar-refractivity contribution in [3.8, 4) is 0 Å². The second-order valence-corrected chi connectivity index (χ2v) is 5.79. The largest absolute Gasteiger partial charge is 0.456 e. The maximum absolute atomic E-state index is 11.6. The topological polar surface area (TPSA) is 55.8 Å². The summed E-state index contributed by atoms with van der Waals surface area (Å²) >= 11 is 0. The van der Waals surface area contributed by atoms with E-state index in [2.05, 4.69) is 6.58 Å². The SMILES string of the molecule is C=C(C)C(=O)OC1C2CC3C1OC(C)(O)C3C2. The van der Waals surface area contributed by atoms with E-state index in [1.54, 1.807) is 13.8 Å². The van der Waals surface area contributed by atoms with Crippen molar-refractivity contribution in [2.24, 2.45) is 17.8 Å². The molecule has 6 unspecified atom stereocenters. The van der Waals surface area contributed by atoms with Crippen LogP contribution < -0.4 is 0 Å². The smallest absolute Gasteiger partial charge is 0.333 e. The lowest BCUT2D eigenvalue weighted by molar-refractivity contribution is -0.206. The molecule has 1 aliphatic heterocycles. The Hall–Kier alpha value is -0.870. The Kier molecular flexibility index (Phi) is 2.20. The van der Waals surface area contributed by atoms with E-state index in [-0.39, 0.29) is 24.1 Å². The van der Waals surface area contributed by atoms with E-state index >= 15 is 0 Å². The first-order valence-corrected chi connectivity index (χ1v) is 6.17. The Bertz CT molecular complexity index is 387. The van der Waals surface area contributed by atoms with Gasteiger partial charge in [0.05, 0.1) is 0 Å². The van der Waals surface area contributed by atoms with Crippen LogP contribution in [0.4, 0.5) is 0 Å². The molecule has 0 spiro atoms. The third-order valence-corrected chi connectivity index (χ3v) is 4.51. The summed E-state index contributed by atoms with van der Waals surface area (Å²) in [5.41, 5.74) is 0.411. The van der Waals surface area contributed by atoms with Gasteiger partial charge in [-0.15, -0.1) is 0 Å². The minimum absolute atomic E-state index is 0.128. The molecule has 0 aromatic carbocycles. The Labute approximate surface area is 101 Å². The Balaban J connectivity index is 1.78. The third-order valence-electron chi connectivity index (χ3n) is 4.51. The first-order chi connectivity index (χ1) is 7.90. The number of esters is 1. The number of aliphatic hydroxyl groups is 1. The number of carbonyl (C=O) groups is 1. The molecule has 0 amide bonds. The normalized spacial score (nSPS) is 50.6. The number of ether oxygens (including phenoxy) is 2. The van der Waals surface area contributed by atoms with Gasteiger partial charge < -0.3 is 14.6 Å². The van der Waals surface area contributed by atoms with Crippen LogP contribution in [0.2, 0.25) is 0 Å². The van der Waals surface area contributed by atoms with Gasteiger partial charge in [0.25, 0.3) is 0 Å². The molecule has 0 aromatic rings. The number of rotatable bonds is 2. The van der Waals surface area contributed by atoms with Crippen molar-refractivity contribution < 1.29 is 19.4 Å². The minimum Gasteiger partial charge on any atom is -0.456 e. The molecular formula is C13H18O4. The lowest BCUT2D eigenvalue weighted by Gasteiger charge is -2.26. The fourth-order valence-electron chi connectivity index (χ4n) is 3.77. The molecule has 0 radical (unpaired) electrons. The Morgan fingerprint density at radius 3 is 2.88 bits per heavy atom. The number of hydrogen-bond acceptors (Lipinski definition) is 4. The van der Waals surface area contributed by atoms with E-state index in [0.29, 0.717) is 17.4 Å². The quantitative estimate of drug-likeness (QED) is 0.581. The predicted octanol–water partition coefficient (Wildman–Crippen LogP) is 1.24.